The second-order valence-corrected chi connectivity index (χ2v) is 3.98. The molecule has 0 bridgehead atoms. The quantitative estimate of drug-likeness (QED) is 0.644. The Hall–Kier alpha value is -0.340. The van der Waals surface area contributed by atoms with E-state index < -0.39 is 0 Å². The molecular formula is C10H20O2. The summed E-state index contributed by atoms with van der Waals surface area (Å²) in [5, 5.41) is 9.55. The van der Waals surface area contributed by atoms with Crippen LogP contribution in [0.4, 0.5) is 0 Å². The van der Waals surface area contributed by atoms with Gasteiger partial charge in [-0.2, -0.15) is 0 Å². The van der Waals surface area contributed by atoms with Gasteiger partial charge in [-0.3, -0.25) is 0 Å². The molecule has 0 aliphatic rings. The lowest BCUT2D eigenvalue weighted by Gasteiger charge is -2.25. The van der Waals surface area contributed by atoms with Crippen LogP contribution in [0.25, 0.3) is 0 Å². The van der Waals surface area contributed by atoms with Gasteiger partial charge in [0.05, 0.1) is 11.7 Å². The molecule has 2 nitrogen and oxygen atoms in total. The highest BCUT2D eigenvalue weighted by molar-refractivity contribution is 4.91. The zero-order chi connectivity index (χ0) is 9.78. The van der Waals surface area contributed by atoms with Crippen molar-refractivity contribution in [1.29, 1.82) is 0 Å². The summed E-state index contributed by atoms with van der Waals surface area (Å²) in [7, 11) is 1.66. The minimum Gasteiger partial charge on any atom is -0.393 e. The molecule has 0 aromatic rings. The van der Waals surface area contributed by atoms with Gasteiger partial charge in [0.2, 0.25) is 0 Å². The SMILES string of the molecule is C=C(C)CC(O)CC(C)(C)OC. The van der Waals surface area contributed by atoms with Crippen molar-refractivity contribution >= 4 is 0 Å². The van der Waals surface area contributed by atoms with Gasteiger partial charge in [0.1, 0.15) is 0 Å². The van der Waals surface area contributed by atoms with Crippen LogP contribution in [0, 0.1) is 0 Å². The van der Waals surface area contributed by atoms with Gasteiger partial charge in [0.15, 0.2) is 0 Å². The molecule has 0 aromatic carbocycles. The van der Waals surface area contributed by atoms with Gasteiger partial charge in [-0.15, -0.1) is 6.58 Å². The van der Waals surface area contributed by atoms with Crippen molar-refractivity contribution in [2.24, 2.45) is 0 Å². The van der Waals surface area contributed by atoms with E-state index in [2.05, 4.69) is 6.58 Å². The molecule has 1 unspecified atom stereocenters. The topological polar surface area (TPSA) is 29.5 Å². The molecule has 0 saturated carbocycles. The van der Waals surface area contributed by atoms with Crippen molar-refractivity contribution in [3.63, 3.8) is 0 Å². The summed E-state index contributed by atoms with van der Waals surface area (Å²) < 4.78 is 5.20. The third kappa shape index (κ3) is 5.33. The van der Waals surface area contributed by atoms with Crippen LogP contribution in [-0.4, -0.2) is 23.9 Å². The van der Waals surface area contributed by atoms with Gasteiger partial charge < -0.3 is 9.84 Å². The molecule has 72 valence electrons. The Bertz CT molecular complexity index is 150. The maximum absolute atomic E-state index is 9.55. The maximum atomic E-state index is 9.55. The van der Waals surface area contributed by atoms with E-state index in [9.17, 15) is 5.11 Å². The fourth-order valence-corrected chi connectivity index (χ4v) is 1.13. The molecule has 0 heterocycles. The normalized spacial score (nSPS) is 14.4. The Morgan fingerprint density at radius 2 is 2.08 bits per heavy atom. The van der Waals surface area contributed by atoms with E-state index in [0.29, 0.717) is 12.8 Å². The van der Waals surface area contributed by atoms with Gasteiger partial charge in [-0.1, -0.05) is 5.57 Å². The lowest BCUT2D eigenvalue weighted by molar-refractivity contribution is -0.0190. The number of aliphatic hydroxyl groups is 1. The number of hydrogen-bond acceptors (Lipinski definition) is 2. The van der Waals surface area contributed by atoms with Gasteiger partial charge in [-0.25, -0.2) is 0 Å². The molecule has 2 heteroatoms. The van der Waals surface area contributed by atoms with E-state index in [0.717, 1.165) is 5.57 Å². The van der Waals surface area contributed by atoms with E-state index in [1.54, 1.807) is 7.11 Å². The predicted octanol–water partition coefficient (Wildman–Crippen LogP) is 2.13. The van der Waals surface area contributed by atoms with Gasteiger partial charge >= 0.3 is 0 Å². The first-order valence-electron chi connectivity index (χ1n) is 4.25. The molecule has 0 saturated heterocycles. The van der Waals surface area contributed by atoms with E-state index in [1.165, 1.54) is 0 Å². The molecular weight excluding hydrogens is 152 g/mol. The van der Waals surface area contributed by atoms with Crippen molar-refractivity contribution < 1.29 is 9.84 Å². The summed E-state index contributed by atoms with van der Waals surface area (Å²) in [6.07, 6.45) is 0.973. The van der Waals surface area contributed by atoms with Crippen LogP contribution in [0.2, 0.25) is 0 Å². The lowest BCUT2D eigenvalue weighted by Crippen LogP contribution is -2.28. The Morgan fingerprint density at radius 3 is 2.42 bits per heavy atom. The van der Waals surface area contributed by atoms with Crippen LogP contribution >= 0.6 is 0 Å². The minimum atomic E-state index is -0.336. The number of hydrogen-bond donors (Lipinski definition) is 1. The van der Waals surface area contributed by atoms with E-state index in [-0.39, 0.29) is 11.7 Å². The highest BCUT2D eigenvalue weighted by Gasteiger charge is 2.20. The smallest absolute Gasteiger partial charge is 0.0647 e. The minimum absolute atomic E-state index is 0.241. The average Bonchev–Trinajstić information content (AvgIpc) is 1.84. The summed E-state index contributed by atoms with van der Waals surface area (Å²) >= 11 is 0. The molecule has 0 aliphatic carbocycles. The largest absolute Gasteiger partial charge is 0.393 e. The first-order valence-corrected chi connectivity index (χ1v) is 4.25. The molecule has 0 aromatic heterocycles. The summed E-state index contributed by atoms with van der Waals surface area (Å²) in [6.45, 7) is 9.60. The molecule has 0 radical (unpaired) electrons. The van der Waals surface area contributed by atoms with Gasteiger partial charge in [0.25, 0.3) is 0 Å². The number of rotatable bonds is 5. The van der Waals surface area contributed by atoms with Crippen LogP contribution in [0.3, 0.4) is 0 Å². The Balaban J connectivity index is 3.83. The van der Waals surface area contributed by atoms with E-state index in [1.807, 2.05) is 20.8 Å². The van der Waals surface area contributed by atoms with Crippen molar-refractivity contribution in [3.8, 4) is 0 Å². The highest BCUT2D eigenvalue weighted by atomic mass is 16.5. The average molecular weight is 172 g/mol. The third-order valence-corrected chi connectivity index (χ3v) is 1.86. The van der Waals surface area contributed by atoms with Crippen LogP contribution in [0.1, 0.15) is 33.6 Å². The van der Waals surface area contributed by atoms with Crippen LogP contribution in [-0.2, 0) is 4.74 Å². The Labute approximate surface area is 75.2 Å². The van der Waals surface area contributed by atoms with Crippen molar-refractivity contribution in [2.75, 3.05) is 7.11 Å². The molecule has 0 spiro atoms. The first kappa shape index (κ1) is 11.7. The lowest BCUT2D eigenvalue weighted by atomic mass is 9.97. The zero-order valence-electron chi connectivity index (χ0n) is 8.55. The molecule has 1 N–H and O–H groups in total. The first-order chi connectivity index (χ1) is 5.37. The summed E-state index contributed by atoms with van der Waals surface area (Å²) in [5.74, 6) is 0. The van der Waals surface area contributed by atoms with E-state index >= 15 is 0 Å². The van der Waals surface area contributed by atoms with Crippen LogP contribution < -0.4 is 0 Å². The highest BCUT2D eigenvalue weighted by Crippen LogP contribution is 2.18. The summed E-state index contributed by atoms with van der Waals surface area (Å²) in [4.78, 5) is 0. The third-order valence-electron chi connectivity index (χ3n) is 1.86. The van der Waals surface area contributed by atoms with Gasteiger partial charge in [0, 0.05) is 13.5 Å². The Morgan fingerprint density at radius 1 is 1.58 bits per heavy atom. The predicted molar refractivity (Wildman–Crippen MR) is 51.1 cm³/mol. The maximum Gasteiger partial charge on any atom is 0.0647 e. The molecule has 0 amide bonds. The van der Waals surface area contributed by atoms with Crippen LogP contribution in [0.15, 0.2) is 12.2 Å². The monoisotopic (exact) mass is 172 g/mol. The standard InChI is InChI=1S/C10H20O2/c1-8(2)6-9(11)7-10(3,4)12-5/h9,11H,1,6-7H2,2-5H3. The number of aliphatic hydroxyl groups excluding tert-OH is 1. The van der Waals surface area contributed by atoms with Crippen molar-refractivity contribution in [1.82, 2.24) is 0 Å². The fraction of sp³-hybridized carbons (Fsp3) is 0.800. The Kier molecular flexibility index (Phi) is 4.50. The van der Waals surface area contributed by atoms with Gasteiger partial charge in [-0.05, 0) is 27.2 Å². The molecule has 12 heavy (non-hydrogen) atoms. The molecule has 0 aliphatic heterocycles. The number of ether oxygens (including phenoxy) is 1. The molecule has 0 rings (SSSR count). The van der Waals surface area contributed by atoms with E-state index in [4.69, 9.17) is 4.74 Å². The summed E-state index contributed by atoms with van der Waals surface area (Å²) in [6, 6.07) is 0. The molecule has 0 fully saturated rings. The summed E-state index contributed by atoms with van der Waals surface area (Å²) in [5.41, 5.74) is 0.768. The fourth-order valence-electron chi connectivity index (χ4n) is 1.13. The van der Waals surface area contributed by atoms with Crippen molar-refractivity contribution in [3.05, 3.63) is 12.2 Å². The second-order valence-electron chi connectivity index (χ2n) is 3.98. The number of methoxy groups -OCH3 is 1. The second kappa shape index (κ2) is 4.63. The van der Waals surface area contributed by atoms with Crippen molar-refractivity contribution in [2.45, 2.75) is 45.3 Å². The zero-order valence-corrected chi connectivity index (χ0v) is 8.55. The molecule has 1 atom stereocenters. The van der Waals surface area contributed by atoms with Crippen LogP contribution in [0.5, 0.6) is 0 Å².